The van der Waals surface area contributed by atoms with Crippen LogP contribution >= 0.6 is 0 Å². The van der Waals surface area contributed by atoms with Gasteiger partial charge in [-0.05, 0) is 24.8 Å². The number of fused-ring (bicyclic) bond motifs is 3. The van der Waals surface area contributed by atoms with Gasteiger partial charge < -0.3 is 26.2 Å². The number of aliphatic hydroxyl groups is 1. The van der Waals surface area contributed by atoms with Gasteiger partial charge in [0.15, 0.2) is 5.65 Å². The summed E-state index contributed by atoms with van der Waals surface area (Å²) >= 11 is 0. The van der Waals surface area contributed by atoms with Gasteiger partial charge in [-0.15, -0.1) is 0 Å². The molecule has 33 heavy (non-hydrogen) atoms. The molecular weight excluding hydrogens is 422 g/mol. The van der Waals surface area contributed by atoms with Crippen molar-refractivity contribution in [3.8, 4) is 0 Å². The SMILES string of the molecule is COC1=CC=CC(N)(C(=O)NC2(CCO)C3CNCC2C(c2ncc4nccnc4n2)C3)C1. The van der Waals surface area contributed by atoms with E-state index in [0.717, 1.165) is 13.0 Å². The molecule has 1 aliphatic heterocycles. The van der Waals surface area contributed by atoms with Crippen LogP contribution in [0, 0.1) is 11.8 Å². The van der Waals surface area contributed by atoms with Crippen molar-refractivity contribution in [2.24, 2.45) is 17.6 Å². The van der Waals surface area contributed by atoms with Crippen LogP contribution in [0.5, 0.6) is 0 Å². The highest BCUT2D eigenvalue weighted by Gasteiger charge is 2.59. The number of carbonyl (C=O) groups is 1. The Morgan fingerprint density at radius 3 is 3.00 bits per heavy atom. The summed E-state index contributed by atoms with van der Waals surface area (Å²) in [4.78, 5) is 31.4. The summed E-state index contributed by atoms with van der Waals surface area (Å²) in [5.74, 6) is 1.19. The first-order valence-corrected chi connectivity index (χ1v) is 11.3. The molecule has 1 saturated carbocycles. The van der Waals surface area contributed by atoms with Gasteiger partial charge in [-0.2, -0.15) is 0 Å². The second kappa shape index (κ2) is 8.44. The number of piperidine rings is 1. The van der Waals surface area contributed by atoms with Crippen molar-refractivity contribution in [2.75, 3.05) is 26.8 Å². The standard InChI is InChI=1S/C23H29N7O3/c1-33-15-3-2-4-22(24,10-15)21(32)30-23(5-8-31)14-9-16(17(23)12-25-11-14)19-28-13-18-20(29-19)27-7-6-26-18/h2-4,6-7,13-14,16-17,25,31H,5,8-12,24H2,1H3,(H,30,32). The number of carbonyl (C=O) groups excluding carboxylic acids is 1. The second-order valence-electron chi connectivity index (χ2n) is 9.18. The minimum Gasteiger partial charge on any atom is -0.501 e. The molecule has 174 valence electrons. The summed E-state index contributed by atoms with van der Waals surface area (Å²) in [5.41, 5.74) is 5.90. The summed E-state index contributed by atoms with van der Waals surface area (Å²) in [6.45, 7) is 1.37. The summed E-state index contributed by atoms with van der Waals surface area (Å²) in [6, 6.07) is 0. The van der Waals surface area contributed by atoms with Crippen molar-refractivity contribution >= 4 is 17.1 Å². The summed E-state index contributed by atoms with van der Waals surface area (Å²) in [6.07, 6.45) is 11.7. The molecule has 5 atom stereocenters. The number of rotatable bonds is 6. The molecule has 5 rings (SSSR count). The fraction of sp³-hybridized carbons (Fsp3) is 0.522. The number of nitrogens with one attached hydrogen (secondary N) is 2. The number of aromatic nitrogens is 4. The zero-order valence-electron chi connectivity index (χ0n) is 18.6. The highest BCUT2D eigenvalue weighted by Crippen LogP contribution is 2.52. The third-order valence-electron chi connectivity index (χ3n) is 7.45. The highest BCUT2D eigenvalue weighted by atomic mass is 16.5. The maximum Gasteiger partial charge on any atom is 0.245 e. The van der Waals surface area contributed by atoms with Gasteiger partial charge in [0, 0.05) is 50.3 Å². The second-order valence-corrected chi connectivity index (χ2v) is 9.18. The van der Waals surface area contributed by atoms with Gasteiger partial charge >= 0.3 is 0 Å². The molecule has 2 aliphatic carbocycles. The minimum atomic E-state index is -1.21. The molecule has 2 aromatic rings. The van der Waals surface area contributed by atoms with Crippen LogP contribution in [0.2, 0.25) is 0 Å². The van der Waals surface area contributed by atoms with Crippen LogP contribution in [0.1, 0.15) is 31.0 Å². The summed E-state index contributed by atoms with van der Waals surface area (Å²) in [7, 11) is 1.57. The first-order chi connectivity index (χ1) is 16.0. The van der Waals surface area contributed by atoms with Gasteiger partial charge in [0.2, 0.25) is 5.91 Å². The van der Waals surface area contributed by atoms with Crippen LogP contribution < -0.4 is 16.4 Å². The van der Waals surface area contributed by atoms with E-state index in [1.807, 2.05) is 6.08 Å². The molecule has 0 aromatic carbocycles. The predicted octanol–water partition coefficient (Wildman–Crippen LogP) is 0.168. The molecular formula is C23H29N7O3. The third kappa shape index (κ3) is 3.68. The van der Waals surface area contributed by atoms with Crippen molar-refractivity contribution in [1.29, 1.82) is 0 Å². The lowest BCUT2D eigenvalue weighted by molar-refractivity contribution is -0.129. The van der Waals surface area contributed by atoms with E-state index < -0.39 is 11.1 Å². The van der Waals surface area contributed by atoms with Crippen LogP contribution in [0.25, 0.3) is 11.2 Å². The molecule has 3 aliphatic rings. The van der Waals surface area contributed by atoms with Gasteiger partial charge in [-0.3, -0.25) is 4.79 Å². The van der Waals surface area contributed by atoms with Gasteiger partial charge in [-0.25, -0.2) is 19.9 Å². The van der Waals surface area contributed by atoms with Gasteiger partial charge in [0.05, 0.1) is 24.6 Å². The lowest BCUT2D eigenvalue weighted by atomic mass is 9.73. The first-order valence-electron chi connectivity index (χ1n) is 11.3. The first kappa shape index (κ1) is 21.9. The van der Waals surface area contributed by atoms with Crippen LogP contribution in [0.15, 0.2) is 42.6 Å². The largest absolute Gasteiger partial charge is 0.501 e. The average molecular weight is 452 g/mol. The number of nitrogens with zero attached hydrogens (tertiary/aromatic N) is 4. The van der Waals surface area contributed by atoms with E-state index in [1.54, 1.807) is 37.9 Å². The normalized spacial score (nSPS) is 33.1. The predicted molar refractivity (Wildman–Crippen MR) is 121 cm³/mol. The fourth-order valence-corrected chi connectivity index (χ4v) is 5.78. The van der Waals surface area contributed by atoms with E-state index in [2.05, 4.69) is 25.6 Å². The molecule has 0 spiro atoms. The lowest BCUT2D eigenvalue weighted by Crippen LogP contribution is -2.67. The molecule has 2 aromatic heterocycles. The van der Waals surface area contributed by atoms with E-state index in [-0.39, 0.29) is 36.7 Å². The average Bonchev–Trinajstić information content (AvgIpc) is 2.97. The zero-order valence-corrected chi connectivity index (χ0v) is 18.6. The maximum atomic E-state index is 13.5. The van der Waals surface area contributed by atoms with Crippen molar-refractivity contribution in [3.05, 3.63) is 48.4 Å². The highest BCUT2D eigenvalue weighted by molar-refractivity contribution is 5.90. The number of nitrogens with two attached hydrogens (primary N) is 1. The van der Waals surface area contributed by atoms with Gasteiger partial charge in [-0.1, -0.05) is 12.2 Å². The molecule has 0 radical (unpaired) electrons. The summed E-state index contributed by atoms with van der Waals surface area (Å²) < 4.78 is 5.34. The van der Waals surface area contributed by atoms with Crippen LogP contribution in [0.4, 0.5) is 0 Å². The number of methoxy groups -OCH3 is 1. The molecule has 10 heteroatoms. The third-order valence-corrected chi connectivity index (χ3v) is 7.45. The van der Waals surface area contributed by atoms with E-state index in [0.29, 0.717) is 35.7 Å². The van der Waals surface area contributed by atoms with Crippen LogP contribution in [0.3, 0.4) is 0 Å². The molecule has 5 N–H and O–H groups in total. The molecule has 2 bridgehead atoms. The fourth-order valence-electron chi connectivity index (χ4n) is 5.78. The molecule has 10 nitrogen and oxygen atoms in total. The van der Waals surface area contributed by atoms with Crippen molar-refractivity contribution in [2.45, 2.75) is 36.3 Å². The Bertz CT molecular complexity index is 1120. The van der Waals surface area contributed by atoms with Gasteiger partial charge in [0.25, 0.3) is 0 Å². The van der Waals surface area contributed by atoms with Gasteiger partial charge in [0.1, 0.15) is 16.9 Å². The Morgan fingerprint density at radius 1 is 1.33 bits per heavy atom. The number of ether oxygens (including phenoxy) is 1. The number of amides is 1. The van der Waals surface area contributed by atoms with Crippen LogP contribution in [-0.4, -0.2) is 68.8 Å². The van der Waals surface area contributed by atoms with E-state index in [1.165, 1.54) is 0 Å². The topological polar surface area (TPSA) is 148 Å². The van der Waals surface area contributed by atoms with Crippen molar-refractivity contribution in [3.63, 3.8) is 0 Å². The van der Waals surface area contributed by atoms with Crippen LogP contribution in [-0.2, 0) is 9.53 Å². The Balaban J connectivity index is 1.47. The lowest BCUT2D eigenvalue weighted by Gasteiger charge is -2.47. The monoisotopic (exact) mass is 451 g/mol. The Labute approximate surface area is 191 Å². The Kier molecular flexibility index (Phi) is 5.59. The Morgan fingerprint density at radius 2 is 2.18 bits per heavy atom. The number of hydrogen-bond donors (Lipinski definition) is 4. The van der Waals surface area contributed by atoms with E-state index in [9.17, 15) is 9.90 Å². The number of aliphatic hydroxyl groups excluding tert-OH is 1. The van der Waals surface area contributed by atoms with E-state index in [4.69, 9.17) is 15.5 Å². The molecule has 5 unspecified atom stereocenters. The van der Waals surface area contributed by atoms with Crippen molar-refractivity contribution < 1.29 is 14.6 Å². The quantitative estimate of drug-likeness (QED) is 0.482. The Hall–Kier alpha value is -2.95. The minimum absolute atomic E-state index is 0.00456. The zero-order chi connectivity index (χ0) is 23.1. The van der Waals surface area contributed by atoms with Crippen molar-refractivity contribution in [1.82, 2.24) is 30.6 Å². The maximum absolute atomic E-state index is 13.5. The smallest absolute Gasteiger partial charge is 0.245 e. The number of allylic oxidation sites excluding steroid dienone is 2. The molecule has 1 saturated heterocycles. The molecule has 1 amide bonds. The molecule has 2 fully saturated rings. The molecule has 3 heterocycles. The number of hydrogen-bond acceptors (Lipinski definition) is 9. The van der Waals surface area contributed by atoms with E-state index >= 15 is 0 Å². The summed E-state index contributed by atoms with van der Waals surface area (Å²) in [5, 5.41) is 16.8.